The monoisotopic (exact) mass is 218 g/mol. The number of halogens is 1. The van der Waals surface area contributed by atoms with Crippen LogP contribution in [-0.2, 0) is 0 Å². The summed E-state index contributed by atoms with van der Waals surface area (Å²) in [6, 6.07) is 0. The van der Waals surface area contributed by atoms with Crippen LogP contribution in [0.1, 0.15) is 6.92 Å². The standard InChI is InChI=1S/C8H15BrN2/c1-7(6-11(2)3)4-8(9)5-10/h4,6H,5,10H2,1-3H3/b7-6-,8-4+. The maximum absolute atomic E-state index is 5.40. The van der Waals surface area contributed by atoms with Crippen LogP contribution in [0.3, 0.4) is 0 Å². The first-order valence-corrected chi connectivity index (χ1v) is 4.26. The van der Waals surface area contributed by atoms with Gasteiger partial charge >= 0.3 is 0 Å². The molecule has 0 unspecified atom stereocenters. The van der Waals surface area contributed by atoms with Crippen LogP contribution in [0.2, 0.25) is 0 Å². The maximum atomic E-state index is 5.40. The quantitative estimate of drug-likeness (QED) is 0.732. The zero-order chi connectivity index (χ0) is 8.85. The van der Waals surface area contributed by atoms with E-state index in [1.165, 1.54) is 5.57 Å². The fraction of sp³-hybridized carbons (Fsp3) is 0.500. The Morgan fingerprint density at radius 3 is 2.45 bits per heavy atom. The summed E-state index contributed by atoms with van der Waals surface area (Å²) in [7, 11) is 3.99. The molecule has 0 radical (unpaired) electrons. The molecule has 0 rings (SSSR count). The molecule has 0 bridgehead atoms. The van der Waals surface area contributed by atoms with Gasteiger partial charge in [-0.2, -0.15) is 0 Å². The zero-order valence-corrected chi connectivity index (χ0v) is 8.85. The Hall–Kier alpha value is -0.280. The molecule has 0 aromatic carbocycles. The Morgan fingerprint density at radius 1 is 1.55 bits per heavy atom. The van der Waals surface area contributed by atoms with Crippen LogP contribution in [0.25, 0.3) is 0 Å². The zero-order valence-electron chi connectivity index (χ0n) is 7.26. The SMILES string of the molecule is CC(=C/N(C)C)/C=C(/Br)CN. The van der Waals surface area contributed by atoms with Gasteiger partial charge in [0.1, 0.15) is 0 Å². The topological polar surface area (TPSA) is 29.3 Å². The number of nitrogens with two attached hydrogens (primary N) is 1. The van der Waals surface area contributed by atoms with Crippen molar-refractivity contribution in [1.82, 2.24) is 4.90 Å². The Labute approximate surface area is 76.9 Å². The van der Waals surface area contributed by atoms with Crippen molar-refractivity contribution in [2.24, 2.45) is 5.73 Å². The second kappa shape index (κ2) is 5.38. The molecule has 2 N–H and O–H groups in total. The molecule has 0 fully saturated rings. The van der Waals surface area contributed by atoms with Crippen molar-refractivity contribution in [2.45, 2.75) is 6.92 Å². The van der Waals surface area contributed by atoms with Crippen molar-refractivity contribution in [3.8, 4) is 0 Å². The highest BCUT2D eigenvalue weighted by Crippen LogP contribution is 2.07. The van der Waals surface area contributed by atoms with Gasteiger partial charge in [-0.15, -0.1) is 0 Å². The van der Waals surface area contributed by atoms with E-state index in [1.807, 2.05) is 38.2 Å². The van der Waals surface area contributed by atoms with Crippen LogP contribution >= 0.6 is 15.9 Å². The summed E-state index contributed by atoms with van der Waals surface area (Å²) in [6.07, 6.45) is 4.05. The minimum atomic E-state index is 0.554. The van der Waals surface area contributed by atoms with Gasteiger partial charge in [0.2, 0.25) is 0 Å². The van der Waals surface area contributed by atoms with Crippen molar-refractivity contribution >= 4 is 15.9 Å². The fourth-order valence-electron chi connectivity index (χ4n) is 0.751. The molecule has 0 atom stereocenters. The normalized spacial score (nSPS) is 13.5. The first-order valence-electron chi connectivity index (χ1n) is 3.47. The fourth-order valence-corrected chi connectivity index (χ4v) is 1.11. The highest BCUT2D eigenvalue weighted by molar-refractivity contribution is 9.11. The molecule has 0 aliphatic rings. The molecule has 0 aromatic rings. The van der Waals surface area contributed by atoms with Gasteiger partial charge in [-0.25, -0.2) is 0 Å². The number of rotatable bonds is 3. The molecule has 0 saturated carbocycles. The summed E-state index contributed by atoms with van der Waals surface area (Å²) in [5, 5.41) is 0. The van der Waals surface area contributed by atoms with Gasteiger partial charge in [0.25, 0.3) is 0 Å². The van der Waals surface area contributed by atoms with Crippen LogP contribution < -0.4 is 5.73 Å². The minimum absolute atomic E-state index is 0.554. The third-order valence-electron chi connectivity index (χ3n) is 1.04. The smallest absolute Gasteiger partial charge is 0.0245 e. The van der Waals surface area contributed by atoms with Gasteiger partial charge in [0, 0.05) is 31.3 Å². The van der Waals surface area contributed by atoms with Crippen molar-refractivity contribution in [3.05, 3.63) is 22.3 Å². The lowest BCUT2D eigenvalue weighted by atomic mass is 10.3. The second-order valence-corrected chi connectivity index (χ2v) is 3.65. The second-order valence-electron chi connectivity index (χ2n) is 2.63. The van der Waals surface area contributed by atoms with Gasteiger partial charge in [-0.05, 0) is 18.6 Å². The predicted molar refractivity (Wildman–Crippen MR) is 53.5 cm³/mol. The number of allylic oxidation sites excluding steroid dienone is 2. The molecule has 11 heavy (non-hydrogen) atoms. The lowest BCUT2D eigenvalue weighted by Crippen LogP contribution is -2.02. The Kier molecular flexibility index (Phi) is 5.24. The number of hydrogen-bond donors (Lipinski definition) is 1. The maximum Gasteiger partial charge on any atom is 0.0245 e. The van der Waals surface area contributed by atoms with E-state index >= 15 is 0 Å². The highest BCUT2D eigenvalue weighted by Gasteiger charge is 1.88. The number of nitrogens with zero attached hydrogens (tertiary/aromatic N) is 1. The molecule has 0 spiro atoms. The third kappa shape index (κ3) is 6.13. The van der Waals surface area contributed by atoms with E-state index in [0.717, 1.165) is 4.48 Å². The average molecular weight is 219 g/mol. The lowest BCUT2D eigenvalue weighted by molar-refractivity contribution is 0.560. The van der Waals surface area contributed by atoms with Crippen LogP contribution in [-0.4, -0.2) is 25.5 Å². The van der Waals surface area contributed by atoms with Crippen molar-refractivity contribution in [2.75, 3.05) is 20.6 Å². The number of hydrogen-bond acceptors (Lipinski definition) is 2. The summed E-state index contributed by atoms with van der Waals surface area (Å²) in [5.74, 6) is 0. The van der Waals surface area contributed by atoms with E-state index in [9.17, 15) is 0 Å². The Balaban J connectivity index is 4.15. The molecular weight excluding hydrogens is 204 g/mol. The predicted octanol–water partition coefficient (Wildman–Crippen LogP) is 1.69. The molecule has 2 nitrogen and oxygen atoms in total. The molecule has 0 aliphatic heterocycles. The van der Waals surface area contributed by atoms with Crippen LogP contribution in [0.15, 0.2) is 22.3 Å². The molecule has 0 heterocycles. The van der Waals surface area contributed by atoms with Crippen LogP contribution in [0.5, 0.6) is 0 Å². The summed E-state index contributed by atoms with van der Waals surface area (Å²) in [5.41, 5.74) is 6.58. The van der Waals surface area contributed by atoms with Crippen molar-refractivity contribution < 1.29 is 0 Å². The van der Waals surface area contributed by atoms with E-state index in [2.05, 4.69) is 15.9 Å². The van der Waals surface area contributed by atoms with E-state index in [1.54, 1.807) is 0 Å². The molecule has 0 aromatic heterocycles. The van der Waals surface area contributed by atoms with Crippen molar-refractivity contribution in [3.63, 3.8) is 0 Å². The van der Waals surface area contributed by atoms with Gasteiger partial charge in [-0.1, -0.05) is 15.9 Å². The van der Waals surface area contributed by atoms with Crippen molar-refractivity contribution in [1.29, 1.82) is 0 Å². The molecule has 3 heteroatoms. The summed E-state index contributed by atoms with van der Waals surface area (Å²) in [4.78, 5) is 2.00. The van der Waals surface area contributed by atoms with E-state index in [4.69, 9.17) is 5.73 Å². The lowest BCUT2D eigenvalue weighted by Gasteiger charge is -2.05. The Morgan fingerprint density at radius 2 is 2.09 bits per heavy atom. The average Bonchev–Trinajstić information content (AvgIpc) is 1.85. The molecule has 0 saturated heterocycles. The van der Waals surface area contributed by atoms with E-state index < -0.39 is 0 Å². The summed E-state index contributed by atoms with van der Waals surface area (Å²) >= 11 is 3.34. The third-order valence-corrected chi connectivity index (χ3v) is 1.59. The molecular formula is C8H15BrN2. The Bertz CT molecular complexity index is 171. The van der Waals surface area contributed by atoms with Gasteiger partial charge in [0.05, 0.1) is 0 Å². The molecule has 0 aliphatic carbocycles. The first kappa shape index (κ1) is 10.7. The molecule has 64 valence electrons. The van der Waals surface area contributed by atoms with Crippen LogP contribution in [0.4, 0.5) is 0 Å². The largest absolute Gasteiger partial charge is 0.383 e. The van der Waals surface area contributed by atoms with Gasteiger partial charge in [0.15, 0.2) is 0 Å². The van der Waals surface area contributed by atoms with Gasteiger partial charge < -0.3 is 10.6 Å². The highest BCUT2D eigenvalue weighted by atomic mass is 79.9. The van der Waals surface area contributed by atoms with E-state index in [0.29, 0.717) is 6.54 Å². The molecule has 0 amide bonds. The summed E-state index contributed by atoms with van der Waals surface area (Å²) in [6.45, 7) is 2.59. The van der Waals surface area contributed by atoms with Crippen LogP contribution in [0, 0.1) is 0 Å². The summed E-state index contributed by atoms with van der Waals surface area (Å²) < 4.78 is 1.02. The van der Waals surface area contributed by atoms with E-state index in [-0.39, 0.29) is 0 Å². The first-order chi connectivity index (χ1) is 5.06. The van der Waals surface area contributed by atoms with Gasteiger partial charge in [-0.3, -0.25) is 0 Å². The minimum Gasteiger partial charge on any atom is -0.383 e.